The van der Waals surface area contributed by atoms with E-state index in [4.69, 9.17) is 23.2 Å². The number of rotatable bonds is 5. The number of likely N-dealkylation sites (N-methyl/N-ethyl adjacent to an activating group) is 1. The lowest BCUT2D eigenvalue weighted by Crippen LogP contribution is -2.33. The summed E-state index contributed by atoms with van der Waals surface area (Å²) in [6, 6.07) is 11.3. The van der Waals surface area contributed by atoms with Gasteiger partial charge in [0.25, 0.3) is 0 Å². The predicted molar refractivity (Wildman–Crippen MR) is 98.9 cm³/mol. The third kappa shape index (κ3) is 4.40. The van der Waals surface area contributed by atoms with Crippen LogP contribution in [0.1, 0.15) is 18.1 Å². The summed E-state index contributed by atoms with van der Waals surface area (Å²) in [5, 5.41) is 3.66. The fraction of sp³-hybridized carbons (Fsp3) is 0.278. The fourth-order valence-corrected chi connectivity index (χ4v) is 2.99. The predicted octanol–water partition coefficient (Wildman–Crippen LogP) is 5.08. The van der Waals surface area contributed by atoms with Crippen LogP contribution in [0.5, 0.6) is 0 Å². The molecule has 0 fully saturated rings. The molecule has 1 amide bonds. The summed E-state index contributed by atoms with van der Waals surface area (Å²) in [5.74, 6) is -0.151. The Hall–Kier alpha value is -1.71. The van der Waals surface area contributed by atoms with Crippen LogP contribution < -0.4 is 10.2 Å². The van der Waals surface area contributed by atoms with Crippen molar-refractivity contribution in [3.05, 3.63) is 57.6 Å². The van der Waals surface area contributed by atoms with Crippen LogP contribution in [0.25, 0.3) is 0 Å². The van der Waals surface area contributed by atoms with Crippen molar-refractivity contribution in [2.24, 2.45) is 0 Å². The lowest BCUT2D eigenvalue weighted by molar-refractivity contribution is -0.115. The van der Waals surface area contributed by atoms with Gasteiger partial charge in [0.2, 0.25) is 5.91 Å². The third-order valence-corrected chi connectivity index (χ3v) is 4.27. The van der Waals surface area contributed by atoms with Crippen LogP contribution in [0.3, 0.4) is 0 Å². The van der Waals surface area contributed by atoms with E-state index in [0.717, 1.165) is 17.8 Å². The van der Waals surface area contributed by atoms with E-state index >= 15 is 0 Å². The molecule has 23 heavy (non-hydrogen) atoms. The van der Waals surface area contributed by atoms with E-state index < -0.39 is 0 Å². The van der Waals surface area contributed by atoms with Crippen molar-refractivity contribution in [1.29, 1.82) is 0 Å². The number of aryl methyl sites for hydroxylation is 2. The molecule has 0 radical (unpaired) electrons. The smallest absolute Gasteiger partial charge is 0.243 e. The SMILES string of the molecule is CCN(CC(=O)Nc1c(Cl)cccc1Cl)c1ccc(C)cc1C. The molecule has 0 aliphatic heterocycles. The van der Waals surface area contributed by atoms with Gasteiger partial charge in [-0.25, -0.2) is 0 Å². The van der Waals surface area contributed by atoms with Crippen molar-refractivity contribution in [3.63, 3.8) is 0 Å². The number of nitrogens with one attached hydrogen (secondary N) is 1. The monoisotopic (exact) mass is 350 g/mol. The van der Waals surface area contributed by atoms with Crippen LogP contribution in [0, 0.1) is 13.8 Å². The molecule has 2 aromatic carbocycles. The zero-order chi connectivity index (χ0) is 17.0. The maximum Gasteiger partial charge on any atom is 0.243 e. The van der Waals surface area contributed by atoms with Gasteiger partial charge in [0.15, 0.2) is 0 Å². The first-order chi connectivity index (χ1) is 10.9. The van der Waals surface area contributed by atoms with Crippen molar-refractivity contribution in [1.82, 2.24) is 0 Å². The summed E-state index contributed by atoms with van der Waals surface area (Å²) >= 11 is 12.2. The van der Waals surface area contributed by atoms with Gasteiger partial charge in [-0.3, -0.25) is 4.79 Å². The maximum absolute atomic E-state index is 12.4. The number of para-hydroxylation sites is 1. The molecule has 0 atom stereocenters. The van der Waals surface area contributed by atoms with Gasteiger partial charge in [0.05, 0.1) is 22.3 Å². The Kier molecular flexibility index (Phi) is 5.91. The van der Waals surface area contributed by atoms with Crippen molar-refractivity contribution >= 4 is 40.5 Å². The summed E-state index contributed by atoms with van der Waals surface area (Å²) in [4.78, 5) is 14.4. The number of anilines is 2. The lowest BCUT2D eigenvalue weighted by Gasteiger charge is -2.25. The zero-order valence-corrected chi connectivity index (χ0v) is 15.0. The van der Waals surface area contributed by atoms with Gasteiger partial charge >= 0.3 is 0 Å². The molecule has 0 aliphatic rings. The Morgan fingerprint density at radius 3 is 2.35 bits per heavy atom. The second kappa shape index (κ2) is 7.71. The summed E-state index contributed by atoms with van der Waals surface area (Å²) in [7, 11) is 0. The summed E-state index contributed by atoms with van der Waals surface area (Å²) < 4.78 is 0. The Morgan fingerprint density at radius 1 is 1.13 bits per heavy atom. The lowest BCUT2D eigenvalue weighted by atomic mass is 10.1. The van der Waals surface area contributed by atoms with Gasteiger partial charge < -0.3 is 10.2 Å². The van der Waals surface area contributed by atoms with Gasteiger partial charge in [-0.15, -0.1) is 0 Å². The van der Waals surface area contributed by atoms with E-state index in [0.29, 0.717) is 15.7 Å². The number of nitrogens with zero attached hydrogens (tertiary/aromatic N) is 1. The largest absolute Gasteiger partial charge is 0.362 e. The molecule has 0 heterocycles. The Morgan fingerprint density at radius 2 is 1.78 bits per heavy atom. The molecule has 0 saturated carbocycles. The van der Waals surface area contributed by atoms with E-state index in [-0.39, 0.29) is 12.5 Å². The van der Waals surface area contributed by atoms with Crippen LogP contribution in [0.4, 0.5) is 11.4 Å². The average Bonchev–Trinajstić information content (AvgIpc) is 2.49. The number of carbonyl (C=O) groups excluding carboxylic acids is 1. The van der Waals surface area contributed by atoms with Crippen LogP contribution in [0.15, 0.2) is 36.4 Å². The van der Waals surface area contributed by atoms with Gasteiger partial charge in [0, 0.05) is 12.2 Å². The third-order valence-electron chi connectivity index (χ3n) is 3.64. The molecular formula is C18H20Cl2N2O. The molecule has 122 valence electrons. The first-order valence-corrected chi connectivity index (χ1v) is 8.24. The van der Waals surface area contributed by atoms with Gasteiger partial charge in [0.1, 0.15) is 0 Å². The first kappa shape index (κ1) is 17.6. The van der Waals surface area contributed by atoms with Crippen LogP contribution in [0.2, 0.25) is 10.0 Å². The fourth-order valence-electron chi connectivity index (χ4n) is 2.50. The highest BCUT2D eigenvalue weighted by Gasteiger charge is 2.14. The number of amides is 1. The zero-order valence-electron chi connectivity index (χ0n) is 13.5. The summed E-state index contributed by atoms with van der Waals surface area (Å²) in [5.41, 5.74) is 3.86. The highest BCUT2D eigenvalue weighted by atomic mass is 35.5. The standard InChI is InChI=1S/C18H20Cl2N2O/c1-4-22(16-9-8-12(2)10-13(16)3)11-17(23)21-18-14(19)6-5-7-15(18)20/h5-10H,4,11H2,1-3H3,(H,21,23). The Bertz CT molecular complexity index is 696. The molecule has 2 rings (SSSR count). The second-order valence-electron chi connectivity index (χ2n) is 5.45. The first-order valence-electron chi connectivity index (χ1n) is 7.48. The topological polar surface area (TPSA) is 32.3 Å². The number of hydrogen-bond donors (Lipinski definition) is 1. The molecular weight excluding hydrogens is 331 g/mol. The van der Waals surface area contributed by atoms with Crippen LogP contribution >= 0.6 is 23.2 Å². The number of benzene rings is 2. The molecule has 2 aromatic rings. The highest BCUT2D eigenvalue weighted by molar-refractivity contribution is 6.39. The maximum atomic E-state index is 12.4. The molecule has 0 aromatic heterocycles. The van der Waals surface area contributed by atoms with Gasteiger partial charge in [-0.05, 0) is 44.5 Å². The van der Waals surface area contributed by atoms with Crippen molar-refractivity contribution < 1.29 is 4.79 Å². The van der Waals surface area contributed by atoms with Crippen LogP contribution in [-0.2, 0) is 4.79 Å². The Labute approximate surface area is 147 Å². The normalized spacial score (nSPS) is 10.5. The minimum atomic E-state index is -0.151. The van der Waals surface area contributed by atoms with Gasteiger partial charge in [-0.2, -0.15) is 0 Å². The van der Waals surface area contributed by atoms with Crippen LogP contribution in [-0.4, -0.2) is 19.0 Å². The molecule has 3 nitrogen and oxygen atoms in total. The summed E-state index contributed by atoms with van der Waals surface area (Å²) in [6.07, 6.45) is 0. The highest BCUT2D eigenvalue weighted by Crippen LogP contribution is 2.30. The minimum Gasteiger partial charge on any atom is -0.362 e. The van der Waals surface area contributed by atoms with E-state index in [1.807, 2.05) is 30.9 Å². The summed E-state index contributed by atoms with van der Waals surface area (Å²) in [6.45, 7) is 7.09. The van der Waals surface area contributed by atoms with E-state index in [1.165, 1.54) is 5.56 Å². The average molecular weight is 351 g/mol. The molecule has 5 heteroatoms. The van der Waals surface area contributed by atoms with E-state index in [1.54, 1.807) is 18.2 Å². The van der Waals surface area contributed by atoms with Gasteiger partial charge in [-0.1, -0.05) is 47.0 Å². The van der Waals surface area contributed by atoms with E-state index in [9.17, 15) is 4.79 Å². The number of hydrogen-bond acceptors (Lipinski definition) is 2. The van der Waals surface area contributed by atoms with E-state index in [2.05, 4.69) is 18.3 Å². The molecule has 0 spiro atoms. The molecule has 0 saturated heterocycles. The molecule has 0 aliphatic carbocycles. The van der Waals surface area contributed by atoms with Crippen molar-refractivity contribution in [2.75, 3.05) is 23.3 Å². The molecule has 0 bridgehead atoms. The molecule has 0 unspecified atom stereocenters. The number of carbonyl (C=O) groups is 1. The van der Waals surface area contributed by atoms with Crippen molar-refractivity contribution in [2.45, 2.75) is 20.8 Å². The molecule has 1 N–H and O–H groups in total. The Balaban J connectivity index is 2.14. The minimum absolute atomic E-state index is 0.151. The number of halogens is 2. The quantitative estimate of drug-likeness (QED) is 0.815. The second-order valence-corrected chi connectivity index (χ2v) is 6.26. The van der Waals surface area contributed by atoms with Crippen molar-refractivity contribution in [3.8, 4) is 0 Å².